The van der Waals surface area contributed by atoms with E-state index >= 15 is 0 Å². The maximum absolute atomic E-state index is 11.6. The molecule has 0 aliphatic rings. The van der Waals surface area contributed by atoms with Crippen LogP contribution in [0.2, 0.25) is 0 Å². The third-order valence-electron chi connectivity index (χ3n) is 1.99. The fourth-order valence-electron chi connectivity index (χ4n) is 1.37. The molecule has 0 fully saturated rings. The van der Waals surface area contributed by atoms with Crippen LogP contribution in [0.4, 0.5) is 0 Å². The number of carbonyl (C=O) groups excluding carboxylic acids is 1. The molecule has 1 aromatic rings. The second kappa shape index (κ2) is 4.96. The lowest BCUT2D eigenvalue weighted by Gasteiger charge is -2.06. The van der Waals surface area contributed by atoms with E-state index in [9.17, 15) is 4.79 Å². The van der Waals surface area contributed by atoms with Gasteiger partial charge in [0, 0.05) is 7.05 Å². The van der Waals surface area contributed by atoms with Gasteiger partial charge in [0.2, 0.25) is 0 Å². The fraction of sp³-hybridized carbons (Fsp3) is 0.636. The number of ether oxygens (including phenoxy) is 1. The monoisotopic (exact) mass is 210 g/mol. The average molecular weight is 210 g/mol. The second-order valence-corrected chi connectivity index (χ2v) is 3.85. The molecule has 4 heteroatoms. The molecule has 0 spiro atoms. The van der Waals surface area contributed by atoms with Gasteiger partial charge in [0.25, 0.3) is 0 Å². The molecule has 0 saturated heterocycles. The highest BCUT2D eigenvalue weighted by molar-refractivity contribution is 5.87. The summed E-state index contributed by atoms with van der Waals surface area (Å²) in [6.07, 6.45) is 1.82. The van der Waals surface area contributed by atoms with E-state index in [1.807, 2.05) is 13.8 Å². The summed E-state index contributed by atoms with van der Waals surface area (Å²) in [7, 11) is 1.76. The molecule has 4 nitrogen and oxygen atoms in total. The normalized spacial score (nSPS) is 10.7. The Bertz CT molecular complexity index is 342. The minimum absolute atomic E-state index is 0.0953. The first kappa shape index (κ1) is 11.8. The smallest absolute Gasteiger partial charge is 0.356 e. The number of hydrogen-bond donors (Lipinski definition) is 0. The molecule has 0 atom stereocenters. The Balaban J connectivity index is 2.80. The van der Waals surface area contributed by atoms with Crippen molar-refractivity contribution in [2.45, 2.75) is 39.7 Å². The zero-order chi connectivity index (χ0) is 11.4. The van der Waals surface area contributed by atoms with Gasteiger partial charge in [-0.1, -0.05) is 13.3 Å². The van der Waals surface area contributed by atoms with Crippen LogP contribution in [0.3, 0.4) is 0 Å². The number of carbonyl (C=O) groups is 1. The van der Waals surface area contributed by atoms with Crippen molar-refractivity contribution in [2.75, 3.05) is 0 Å². The SMILES string of the molecule is CCCc1cc(C(=O)OC(C)C)n(C)n1. The van der Waals surface area contributed by atoms with Gasteiger partial charge in [0.05, 0.1) is 11.8 Å². The molecule has 15 heavy (non-hydrogen) atoms. The second-order valence-electron chi connectivity index (χ2n) is 3.85. The average Bonchev–Trinajstić information content (AvgIpc) is 2.46. The zero-order valence-electron chi connectivity index (χ0n) is 9.78. The molecule has 0 N–H and O–H groups in total. The van der Waals surface area contributed by atoms with Crippen molar-refractivity contribution in [3.63, 3.8) is 0 Å². The Morgan fingerprint density at radius 3 is 2.80 bits per heavy atom. The molecule has 0 aromatic carbocycles. The highest BCUT2D eigenvalue weighted by Crippen LogP contribution is 2.08. The maximum atomic E-state index is 11.6. The van der Waals surface area contributed by atoms with Gasteiger partial charge in [-0.05, 0) is 26.3 Å². The van der Waals surface area contributed by atoms with Crippen LogP contribution in [0.15, 0.2) is 6.07 Å². The van der Waals surface area contributed by atoms with Gasteiger partial charge in [0.1, 0.15) is 5.69 Å². The number of esters is 1. The van der Waals surface area contributed by atoms with Crippen LogP contribution in [-0.2, 0) is 18.2 Å². The fourth-order valence-corrected chi connectivity index (χ4v) is 1.37. The zero-order valence-corrected chi connectivity index (χ0v) is 9.78. The quantitative estimate of drug-likeness (QED) is 0.713. The van der Waals surface area contributed by atoms with Crippen molar-refractivity contribution in [1.29, 1.82) is 0 Å². The molecule has 0 aliphatic heterocycles. The molecule has 0 saturated carbocycles. The molecule has 0 aliphatic carbocycles. The maximum Gasteiger partial charge on any atom is 0.356 e. The lowest BCUT2D eigenvalue weighted by atomic mass is 10.2. The molecule has 84 valence electrons. The lowest BCUT2D eigenvalue weighted by Crippen LogP contribution is -2.15. The number of nitrogens with zero attached hydrogens (tertiary/aromatic N) is 2. The first-order valence-corrected chi connectivity index (χ1v) is 5.28. The van der Waals surface area contributed by atoms with Crippen LogP contribution in [0, 0.1) is 0 Å². The molecule has 0 amide bonds. The molecule has 1 aromatic heterocycles. The van der Waals surface area contributed by atoms with E-state index < -0.39 is 0 Å². The molecular weight excluding hydrogens is 192 g/mol. The molecule has 0 radical (unpaired) electrons. The van der Waals surface area contributed by atoms with E-state index in [0.29, 0.717) is 5.69 Å². The molecule has 1 heterocycles. The molecule has 1 rings (SSSR count). The topological polar surface area (TPSA) is 44.1 Å². The first-order valence-electron chi connectivity index (χ1n) is 5.28. The summed E-state index contributed by atoms with van der Waals surface area (Å²) in [6.45, 7) is 5.75. The van der Waals surface area contributed by atoms with Gasteiger partial charge in [-0.2, -0.15) is 5.10 Å². The number of rotatable bonds is 4. The Labute approximate surface area is 90.2 Å². The van der Waals surface area contributed by atoms with Crippen molar-refractivity contribution < 1.29 is 9.53 Å². The highest BCUT2D eigenvalue weighted by Gasteiger charge is 2.15. The molecular formula is C11H18N2O2. The predicted molar refractivity (Wildman–Crippen MR) is 57.8 cm³/mol. The van der Waals surface area contributed by atoms with E-state index in [0.717, 1.165) is 18.5 Å². The summed E-state index contributed by atoms with van der Waals surface area (Å²) in [5.41, 5.74) is 1.46. The van der Waals surface area contributed by atoms with Gasteiger partial charge in [-0.3, -0.25) is 4.68 Å². The van der Waals surface area contributed by atoms with E-state index in [-0.39, 0.29) is 12.1 Å². The van der Waals surface area contributed by atoms with Crippen LogP contribution in [-0.4, -0.2) is 21.9 Å². The van der Waals surface area contributed by atoms with Crippen molar-refractivity contribution in [1.82, 2.24) is 9.78 Å². The van der Waals surface area contributed by atoms with Crippen molar-refractivity contribution >= 4 is 5.97 Å². The third kappa shape index (κ3) is 3.08. The molecule has 0 bridgehead atoms. The summed E-state index contributed by atoms with van der Waals surface area (Å²) >= 11 is 0. The third-order valence-corrected chi connectivity index (χ3v) is 1.99. The predicted octanol–water partition coefficient (Wildman–Crippen LogP) is 1.94. The minimum Gasteiger partial charge on any atom is -0.458 e. The Morgan fingerprint density at radius 1 is 1.60 bits per heavy atom. The summed E-state index contributed by atoms with van der Waals surface area (Å²) < 4.78 is 6.69. The van der Waals surface area contributed by atoms with Gasteiger partial charge < -0.3 is 4.74 Å². The summed E-state index contributed by atoms with van der Waals surface area (Å²) in [6, 6.07) is 1.80. The summed E-state index contributed by atoms with van der Waals surface area (Å²) in [5, 5.41) is 4.24. The standard InChI is InChI=1S/C11H18N2O2/c1-5-6-9-7-10(13(4)12-9)11(14)15-8(2)3/h7-8H,5-6H2,1-4H3. The van der Waals surface area contributed by atoms with Gasteiger partial charge >= 0.3 is 5.97 Å². The van der Waals surface area contributed by atoms with Crippen LogP contribution in [0.5, 0.6) is 0 Å². The Kier molecular flexibility index (Phi) is 3.88. The van der Waals surface area contributed by atoms with Crippen molar-refractivity contribution in [3.05, 3.63) is 17.5 Å². The summed E-state index contributed by atoms with van der Waals surface area (Å²) in [5.74, 6) is -0.303. The first-order chi connectivity index (χ1) is 7.04. The lowest BCUT2D eigenvalue weighted by molar-refractivity contribution is 0.0365. The Hall–Kier alpha value is -1.32. The number of aryl methyl sites for hydroxylation is 2. The van der Waals surface area contributed by atoms with Gasteiger partial charge in [0.15, 0.2) is 0 Å². The van der Waals surface area contributed by atoms with E-state index in [2.05, 4.69) is 12.0 Å². The van der Waals surface area contributed by atoms with E-state index in [4.69, 9.17) is 4.74 Å². The van der Waals surface area contributed by atoms with Gasteiger partial charge in [-0.25, -0.2) is 4.79 Å². The van der Waals surface area contributed by atoms with Crippen LogP contribution < -0.4 is 0 Å². The Morgan fingerprint density at radius 2 is 2.27 bits per heavy atom. The van der Waals surface area contributed by atoms with Crippen LogP contribution >= 0.6 is 0 Å². The van der Waals surface area contributed by atoms with E-state index in [1.54, 1.807) is 17.8 Å². The minimum atomic E-state index is -0.303. The van der Waals surface area contributed by atoms with Crippen molar-refractivity contribution in [2.24, 2.45) is 7.05 Å². The largest absolute Gasteiger partial charge is 0.458 e. The van der Waals surface area contributed by atoms with E-state index in [1.165, 1.54) is 0 Å². The molecule has 0 unspecified atom stereocenters. The summed E-state index contributed by atoms with van der Waals surface area (Å²) in [4.78, 5) is 11.6. The van der Waals surface area contributed by atoms with Gasteiger partial charge in [-0.15, -0.1) is 0 Å². The highest BCUT2D eigenvalue weighted by atomic mass is 16.5. The number of hydrogen-bond acceptors (Lipinski definition) is 3. The van der Waals surface area contributed by atoms with Crippen molar-refractivity contribution in [3.8, 4) is 0 Å². The number of aromatic nitrogens is 2. The van der Waals surface area contributed by atoms with Crippen LogP contribution in [0.1, 0.15) is 43.4 Å². The van der Waals surface area contributed by atoms with Crippen LogP contribution in [0.25, 0.3) is 0 Å².